The zero-order valence-electron chi connectivity index (χ0n) is 12.4. The van der Waals surface area contributed by atoms with Gasteiger partial charge in [0.15, 0.2) is 0 Å². The van der Waals surface area contributed by atoms with Gasteiger partial charge in [-0.3, -0.25) is 4.90 Å². The molecule has 1 aromatic rings. The van der Waals surface area contributed by atoms with E-state index in [0.29, 0.717) is 11.3 Å². The number of nitriles is 1. The molecule has 20 heavy (non-hydrogen) atoms. The second-order valence-corrected chi connectivity index (χ2v) is 5.26. The minimum absolute atomic E-state index is 0.601. The van der Waals surface area contributed by atoms with Gasteiger partial charge in [0.25, 0.3) is 0 Å². The van der Waals surface area contributed by atoms with Crippen molar-refractivity contribution in [1.29, 1.82) is 5.26 Å². The molecule has 4 heteroatoms. The fourth-order valence-corrected chi connectivity index (χ4v) is 2.67. The van der Waals surface area contributed by atoms with Crippen molar-refractivity contribution >= 4 is 0 Å². The van der Waals surface area contributed by atoms with E-state index < -0.39 is 0 Å². The van der Waals surface area contributed by atoms with Crippen LogP contribution >= 0.6 is 0 Å². The van der Waals surface area contributed by atoms with Crippen LogP contribution in [0, 0.1) is 11.3 Å². The first-order valence-corrected chi connectivity index (χ1v) is 7.28. The summed E-state index contributed by atoms with van der Waals surface area (Å²) in [7, 11) is 1.61. The summed E-state index contributed by atoms with van der Waals surface area (Å²) in [6.45, 7) is 8.91. The predicted octanol–water partition coefficient (Wildman–Crippen LogP) is 2.09. The monoisotopic (exact) mass is 273 g/mol. The molecule has 0 aromatic heterocycles. The van der Waals surface area contributed by atoms with Crippen molar-refractivity contribution in [1.82, 2.24) is 9.80 Å². The quantitative estimate of drug-likeness (QED) is 0.823. The van der Waals surface area contributed by atoms with Crippen molar-refractivity contribution in [2.75, 3.05) is 39.8 Å². The van der Waals surface area contributed by atoms with Crippen molar-refractivity contribution in [2.24, 2.45) is 0 Å². The van der Waals surface area contributed by atoms with Crippen LogP contribution in [0.3, 0.4) is 0 Å². The Kier molecular flexibility index (Phi) is 5.40. The highest BCUT2D eigenvalue weighted by Crippen LogP contribution is 2.20. The first-order valence-electron chi connectivity index (χ1n) is 7.28. The Balaban J connectivity index is 1.93. The van der Waals surface area contributed by atoms with Crippen LogP contribution < -0.4 is 4.74 Å². The molecule has 0 amide bonds. The lowest BCUT2D eigenvalue weighted by Crippen LogP contribution is -2.45. The van der Waals surface area contributed by atoms with E-state index in [1.54, 1.807) is 7.11 Å². The molecule has 0 unspecified atom stereocenters. The lowest BCUT2D eigenvalue weighted by atomic mass is 10.1. The van der Waals surface area contributed by atoms with Gasteiger partial charge >= 0.3 is 0 Å². The van der Waals surface area contributed by atoms with Gasteiger partial charge in [0.2, 0.25) is 0 Å². The maximum Gasteiger partial charge on any atom is 0.136 e. The number of benzene rings is 1. The summed E-state index contributed by atoms with van der Waals surface area (Å²) < 4.78 is 5.27. The summed E-state index contributed by atoms with van der Waals surface area (Å²) in [6.07, 6.45) is 1.23. The van der Waals surface area contributed by atoms with Crippen molar-refractivity contribution in [3.63, 3.8) is 0 Å². The van der Waals surface area contributed by atoms with E-state index in [9.17, 15) is 0 Å². The molecule has 1 aromatic carbocycles. The lowest BCUT2D eigenvalue weighted by molar-refractivity contribution is 0.127. The fourth-order valence-electron chi connectivity index (χ4n) is 2.67. The van der Waals surface area contributed by atoms with Crippen molar-refractivity contribution in [3.8, 4) is 11.8 Å². The van der Waals surface area contributed by atoms with Gasteiger partial charge in [0.05, 0.1) is 12.7 Å². The van der Waals surface area contributed by atoms with E-state index in [2.05, 4.69) is 22.8 Å². The summed E-state index contributed by atoms with van der Waals surface area (Å²) in [5.41, 5.74) is 1.81. The average Bonchev–Trinajstić information content (AvgIpc) is 2.49. The van der Waals surface area contributed by atoms with Crippen molar-refractivity contribution in [3.05, 3.63) is 29.3 Å². The topological polar surface area (TPSA) is 39.5 Å². The Morgan fingerprint density at radius 2 is 1.90 bits per heavy atom. The van der Waals surface area contributed by atoms with E-state index in [4.69, 9.17) is 10.00 Å². The smallest absolute Gasteiger partial charge is 0.136 e. The molecular weight excluding hydrogens is 250 g/mol. The highest BCUT2D eigenvalue weighted by atomic mass is 16.5. The Morgan fingerprint density at radius 3 is 2.50 bits per heavy atom. The molecule has 1 aliphatic rings. The Labute approximate surface area is 121 Å². The van der Waals surface area contributed by atoms with Crippen LogP contribution in [0.25, 0.3) is 0 Å². The molecule has 0 atom stereocenters. The molecule has 0 bridgehead atoms. The molecule has 1 aliphatic heterocycles. The summed E-state index contributed by atoms with van der Waals surface area (Å²) in [5, 5.41) is 9.00. The fraction of sp³-hybridized carbons (Fsp3) is 0.562. The van der Waals surface area contributed by atoms with Crippen molar-refractivity contribution < 1.29 is 4.74 Å². The van der Waals surface area contributed by atoms with Crippen LogP contribution in [-0.2, 0) is 6.54 Å². The predicted molar refractivity (Wildman–Crippen MR) is 79.7 cm³/mol. The minimum atomic E-state index is 0.601. The maximum absolute atomic E-state index is 9.00. The zero-order chi connectivity index (χ0) is 14.4. The van der Waals surface area contributed by atoms with E-state index in [-0.39, 0.29) is 0 Å². The van der Waals surface area contributed by atoms with Crippen LogP contribution in [-0.4, -0.2) is 49.6 Å². The molecular formula is C16H23N3O. The highest BCUT2D eigenvalue weighted by Gasteiger charge is 2.16. The molecule has 1 heterocycles. The maximum atomic E-state index is 9.00. The number of piperazine rings is 1. The SMILES string of the molecule is CCCN1CCN(Cc2ccc(C#N)c(OC)c2)CC1. The molecule has 108 valence electrons. The van der Waals surface area contributed by atoms with E-state index in [1.807, 2.05) is 18.2 Å². The standard InChI is InChI=1S/C16H23N3O/c1-3-6-18-7-9-19(10-8-18)13-14-4-5-15(12-17)16(11-14)20-2/h4-5,11H,3,6-10,13H2,1-2H3. The van der Waals surface area contributed by atoms with E-state index in [0.717, 1.165) is 32.7 Å². The van der Waals surface area contributed by atoms with Gasteiger partial charge in [0, 0.05) is 32.7 Å². The second-order valence-electron chi connectivity index (χ2n) is 5.26. The second kappa shape index (κ2) is 7.28. The number of rotatable bonds is 5. The Morgan fingerprint density at radius 1 is 1.20 bits per heavy atom. The molecule has 2 rings (SSSR count). The van der Waals surface area contributed by atoms with Gasteiger partial charge < -0.3 is 9.64 Å². The van der Waals surface area contributed by atoms with E-state index >= 15 is 0 Å². The van der Waals surface area contributed by atoms with Crippen LogP contribution in [0.1, 0.15) is 24.5 Å². The molecule has 4 nitrogen and oxygen atoms in total. The Hall–Kier alpha value is -1.57. The van der Waals surface area contributed by atoms with Gasteiger partial charge in [-0.1, -0.05) is 13.0 Å². The summed E-state index contributed by atoms with van der Waals surface area (Å²) in [6, 6.07) is 8.01. The molecule has 1 fully saturated rings. The molecule has 0 spiro atoms. The molecule has 0 radical (unpaired) electrons. The van der Waals surface area contributed by atoms with Gasteiger partial charge in [-0.05, 0) is 30.7 Å². The Bertz CT molecular complexity index is 473. The average molecular weight is 273 g/mol. The molecule has 0 aliphatic carbocycles. The van der Waals surface area contributed by atoms with Crippen molar-refractivity contribution in [2.45, 2.75) is 19.9 Å². The van der Waals surface area contributed by atoms with Gasteiger partial charge in [-0.25, -0.2) is 0 Å². The number of nitrogens with zero attached hydrogens (tertiary/aromatic N) is 3. The zero-order valence-corrected chi connectivity index (χ0v) is 12.4. The van der Waals surface area contributed by atoms with Crippen LogP contribution in [0.2, 0.25) is 0 Å². The van der Waals surface area contributed by atoms with Crippen LogP contribution in [0.15, 0.2) is 18.2 Å². The lowest BCUT2D eigenvalue weighted by Gasteiger charge is -2.34. The third kappa shape index (κ3) is 3.72. The normalized spacial score (nSPS) is 16.9. The van der Waals surface area contributed by atoms with E-state index in [1.165, 1.54) is 18.5 Å². The summed E-state index contributed by atoms with van der Waals surface area (Å²) in [4.78, 5) is 4.99. The third-order valence-electron chi connectivity index (χ3n) is 3.80. The molecule has 0 N–H and O–H groups in total. The third-order valence-corrected chi connectivity index (χ3v) is 3.80. The minimum Gasteiger partial charge on any atom is -0.495 e. The molecule has 1 saturated heterocycles. The summed E-state index contributed by atoms with van der Waals surface area (Å²) in [5.74, 6) is 0.676. The van der Waals surface area contributed by atoms with Gasteiger partial charge in [0.1, 0.15) is 11.8 Å². The first-order chi connectivity index (χ1) is 9.76. The first kappa shape index (κ1) is 14.8. The summed E-state index contributed by atoms with van der Waals surface area (Å²) >= 11 is 0. The van der Waals surface area contributed by atoms with Gasteiger partial charge in [-0.15, -0.1) is 0 Å². The van der Waals surface area contributed by atoms with Crippen LogP contribution in [0.5, 0.6) is 5.75 Å². The molecule has 0 saturated carbocycles. The number of ether oxygens (including phenoxy) is 1. The van der Waals surface area contributed by atoms with Gasteiger partial charge in [-0.2, -0.15) is 5.26 Å². The highest BCUT2D eigenvalue weighted by molar-refractivity contribution is 5.45. The number of hydrogen-bond acceptors (Lipinski definition) is 4. The number of hydrogen-bond donors (Lipinski definition) is 0. The van der Waals surface area contributed by atoms with Crippen LogP contribution in [0.4, 0.5) is 0 Å². The largest absolute Gasteiger partial charge is 0.495 e. The number of methoxy groups -OCH3 is 1.